The molecule has 2 atom stereocenters. The van der Waals surface area contributed by atoms with Crippen molar-refractivity contribution in [3.8, 4) is 11.5 Å². The number of phenols is 2. The number of aliphatic hydroxyl groups is 1. The minimum absolute atomic E-state index is 0.0197. The maximum atomic E-state index is 11.2. The summed E-state index contributed by atoms with van der Waals surface area (Å²) in [5.41, 5.74) is 1.17. The fourth-order valence-electron chi connectivity index (χ4n) is 2.49. The van der Waals surface area contributed by atoms with E-state index >= 15 is 0 Å². The summed E-state index contributed by atoms with van der Waals surface area (Å²) in [5, 5.41) is 31.3. The zero-order valence-electron chi connectivity index (χ0n) is 13.0. The molecule has 0 radical (unpaired) electrons. The van der Waals surface area contributed by atoms with Gasteiger partial charge in [0.05, 0.1) is 11.8 Å². The Hall–Kier alpha value is -2.05. The van der Waals surface area contributed by atoms with Crippen LogP contribution in [0.5, 0.6) is 11.5 Å². The van der Waals surface area contributed by atoms with Gasteiger partial charge < -0.3 is 25.1 Å². The third-order valence-corrected chi connectivity index (χ3v) is 4.23. The molecule has 0 amide bonds. The summed E-state index contributed by atoms with van der Waals surface area (Å²) in [6, 6.07) is 10.5. The van der Waals surface area contributed by atoms with Crippen LogP contribution < -0.4 is 5.09 Å². The molecule has 0 aromatic heterocycles. The van der Waals surface area contributed by atoms with Gasteiger partial charge in [-0.1, -0.05) is 25.1 Å². The molecular formula is C16H20NO6P. The van der Waals surface area contributed by atoms with E-state index in [9.17, 15) is 19.9 Å². The highest BCUT2D eigenvalue weighted by Crippen LogP contribution is 2.41. The van der Waals surface area contributed by atoms with Gasteiger partial charge in [-0.3, -0.25) is 5.09 Å². The molecule has 24 heavy (non-hydrogen) atoms. The maximum absolute atomic E-state index is 11.2. The smallest absolute Gasteiger partial charge is 0.427 e. The Morgan fingerprint density at radius 2 is 1.62 bits per heavy atom. The number of aromatic hydroxyl groups is 2. The number of rotatable bonds is 6. The molecule has 8 heteroatoms. The van der Waals surface area contributed by atoms with Crippen molar-refractivity contribution in [1.82, 2.24) is 0 Å². The maximum Gasteiger partial charge on any atom is 0.427 e. The molecule has 0 heterocycles. The lowest BCUT2D eigenvalue weighted by Gasteiger charge is -2.21. The van der Waals surface area contributed by atoms with Gasteiger partial charge in [0, 0.05) is 11.6 Å². The van der Waals surface area contributed by atoms with Crippen LogP contribution in [0.25, 0.3) is 0 Å². The summed E-state index contributed by atoms with van der Waals surface area (Å²) >= 11 is 0. The van der Waals surface area contributed by atoms with E-state index < -0.39 is 13.9 Å². The molecule has 0 saturated heterocycles. The molecule has 0 fully saturated rings. The first kappa shape index (κ1) is 18.3. The van der Waals surface area contributed by atoms with Crippen molar-refractivity contribution in [2.24, 2.45) is 0 Å². The second-order valence-corrected chi connectivity index (χ2v) is 6.98. The topological polar surface area (TPSA) is 130 Å². The van der Waals surface area contributed by atoms with Crippen LogP contribution in [-0.2, 0) is 4.57 Å². The van der Waals surface area contributed by atoms with E-state index in [1.807, 2.05) is 12.0 Å². The van der Waals surface area contributed by atoms with Crippen LogP contribution in [0.2, 0.25) is 0 Å². The first-order valence-electron chi connectivity index (χ1n) is 7.29. The Morgan fingerprint density at radius 1 is 1.04 bits per heavy atom. The van der Waals surface area contributed by atoms with Crippen molar-refractivity contribution in [3.05, 3.63) is 53.6 Å². The van der Waals surface area contributed by atoms with Gasteiger partial charge in [0.1, 0.15) is 11.5 Å². The second kappa shape index (κ2) is 7.23. The first-order chi connectivity index (χ1) is 11.2. The van der Waals surface area contributed by atoms with Gasteiger partial charge >= 0.3 is 7.75 Å². The molecule has 0 aliphatic heterocycles. The molecule has 0 spiro atoms. The largest absolute Gasteiger partial charge is 0.508 e. The summed E-state index contributed by atoms with van der Waals surface area (Å²) in [5.74, 6) is -0.0797. The van der Waals surface area contributed by atoms with E-state index in [-0.39, 0.29) is 28.7 Å². The first-order valence-corrected chi connectivity index (χ1v) is 8.90. The normalized spacial score (nSPS) is 14.2. The molecule has 0 aliphatic carbocycles. The minimum atomic E-state index is -4.57. The monoisotopic (exact) mass is 353 g/mol. The van der Waals surface area contributed by atoms with Crippen LogP contribution in [0, 0.1) is 0 Å². The molecule has 2 aromatic carbocycles. The van der Waals surface area contributed by atoms with Crippen LogP contribution in [0.3, 0.4) is 0 Å². The van der Waals surface area contributed by atoms with Crippen LogP contribution in [0.4, 0.5) is 5.69 Å². The molecule has 7 nitrogen and oxygen atoms in total. The fraction of sp³-hybridized carbons (Fsp3) is 0.250. The number of phenolic OH excluding ortho intramolecular Hbond substituents is 2. The van der Waals surface area contributed by atoms with Gasteiger partial charge in [0.15, 0.2) is 0 Å². The summed E-state index contributed by atoms with van der Waals surface area (Å²) in [6.45, 7) is 1.89. The Kier molecular flexibility index (Phi) is 5.51. The molecule has 130 valence electrons. The highest BCUT2D eigenvalue weighted by Gasteiger charge is 2.21. The second-order valence-electron chi connectivity index (χ2n) is 5.67. The van der Waals surface area contributed by atoms with Crippen LogP contribution in [0.15, 0.2) is 42.5 Å². The minimum Gasteiger partial charge on any atom is -0.508 e. The number of hydrogen-bond acceptors (Lipinski definition) is 4. The van der Waals surface area contributed by atoms with Crippen molar-refractivity contribution < 1.29 is 29.7 Å². The van der Waals surface area contributed by atoms with E-state index in [4.69, 9.17) is 9.79 Å². The van der Waals surface area contributed by atoms with Gasteiger partial charge in [-0.25, -0.2) is 4.57 Å². The van der Waals surface area contributed by atoms with E-state index in [1.165, 1.54) is 12.1 Å². The van der Waals surface area contributed by atoms with Gasteiger partial charge in [-0.2, -0.15) is 0 Å². The molecule has 2 unspecified atom stereocenters. The molecule has 6 N–H and O–H groups in total. The highest BCUT2D eigenvalue weighted by molar-refractivity contribution is 7.53. The summed E-state index contributed by atoms with van der Waals surface area (Å²) < 4.78 is 11.2. The summed E-state index contributed by atoms with van der Waals surface area (Å²) in [6.07, 6.45) is -0.700. The zero-order valence-corrected chi connectivity index (χ0v) is 13.9. The van der Waals surface area contributed by atoms with Crippen molar-refractivity contribution in [2.45, 2.75) is 25.4 Å². The predicted molar refractivity (Wildman–Crippen MR) is 89.9 cm³/mol. The molecule has 0 saturated carbocycles. The predicted octanol–water partition coefficient (Wildman–Crippen LogP) is 2.83. The Bertz CT molecular complexity index is 743. The lowest BCUT2D eigenvalue weighted by molar-refractivity contribution is 0.160. The lowest BCUT2D eigenvalue weighted by Crippen LogP contribution is -2.07. The summed E-state index contributed by atoms with van der Waals surface area (Å²) in [7, 11) is -4.57. The molecule has 2 rings (SSSR count). The van der Waals surface area contributed by atoms with Gasteiger partial charge in [-0.05, 0) is 36.1 Å². The van der Waals surface area contributed by atoms with Crippen molar-refractivity contribution in [2.75, 3.05) is 5.09 Å². The third kappa shape index (κ3) is 4.97. The quantitative estimate of drug-likeness (QED) is 0.440. The average Bonchev–Trinajstić information content (AvgIpc) is 2.46. The van der Waals surface area contributed by atoms with Gasteiger partial charge in [0.25, 0.3) is 0 Å². The Labute approximate surface area is 139 Å². The molecular weight excluding hydrogens is 333 g/mol. The van der Waals surface area contributed by atoms with Crippen LogP contribution >= 0.6 is 7.75 Å². The SMILES string of the molecule is CC(CC(O)c1ccc(O)cc1NP(=O)(O)O)c1ccc(O)cc1. The van der Waals surface area contributed by atoms with Crippen molar-refractivity contribution >= 4 is 13.4 Å². The summed E-state index contributed by atoms with van der Waals surface area (Å²) in [4.78, 5) is 18.1. The molecule has 0 aliphatic rings. The van der Waals surface area contributed by atoms with Crippen LogP contribution in [-0.4, -0.2) is 25.1 Å². The Morgan fingerprint density at radius 3 is 2.21 bits per heavy atom. The number of benzene rings is 2. The van der Waals surface area contributed by atoms with Crippen LogP contribution in [0.1, 0.15) is 36.5 Å². The fourth-order valence-corrected chi connectivity index (χ4v) is 3.00. The number of aliphatic hydroxyl groups excluding tert-OH is 1. The van der Waals surface area contributed by atoms with Crippen molar-refractivity contribution in [3.63, 3.8) is 0 Å². The Balaban J connectivity index is 2.21. The van der Waals surface area contributed by atoms with E-state index in [1.54, 1.807) is 24.3 Å². The van der Waals surface area contributed by atoms with Gasteiger partial charge in [0.2, 0.25) is 0 Å². The highest BCUT2D eigenvalue weighted by atomic mass is 31.2. The van der Waals surface area contributed by atoms with E-state index in [2.05, 4.69) is 0 Å². The molecule has 0 bridgehead atoms. The number of anilines is 1. The number of hydrogen-bond donors (Lipinski definition) is 6. The standard InChI is InChI=1S/C16H20NO6P/c1-10(11-2-4-12(18)5-3-11)8-16(20)14-7-6-13(19)9-15(14)17-24(21,22)23/h2-7,9-10,16,18-20H,8H2,1H3,(H3,17,21,22,23). The third-order valence-electron chi connectivity index (χ3n) is 3.70. The van der Waals surface area contributed by atoms with Crippen molar-refractivity contribution in [1.29, 1.82) is 0 Å². The average molecular weight is 353 g/mol. The molecule has 2 aromatic rings. The van der Waals surface area contributed by atoms with E-state index in [0.29, 0.717) is 6.42 Å². The lowest BCUT2D eigenvalue weighted by atomic mass is 9.91. The zero-order chi connectivity index (χ0) is 17.9. The van der Waals surface area contributed by atoms with E-state index in [0.717, 1.165) is 11.6 Å². The van der Waals surface area contributed by atoms with Gasteiger partial charge in [-0.15, -0.1) is 0 Å². The number of nitrogens with one attached hydrogen (secondary N) is 1.